The Morgan fingerprint density at radius 3 is 2.65 bits per heavy atom. The SMILES string of the molecule is COCc1nc(-c2ccc(OC)c(Cl)c2)nc(N)c1Br. The van der Waals surface area contributed by atoms with Gasteiger partial charge in [0.05, 0.1) is 28.9 Å². The maximum Gasteiger partial charge on any atom is 0.161 e. The Bertz CT molecular complexity index is 637. The molecule has 0 saturated heterocycles. The monoisotopic (exact) mass is 357 g/mol. The van der Waals surface area contributed by atoms with E-state index < -0.39 is 0 Å². The first-order valence-electron chi connectivity index (χ1n) is 5.71. The maximum atomic E-state index is 6.11. The van der Waals surface area contributed by atoms with Gasteiger partial charge in [-0.05, 0) is 34.1 Å². The molecule has 0 amide bonds. The van der Waals surface area contributed by atoms with E-state index >= 15 is 0 Å². The van der Waals surface area contributed by atoms with Gasteiger partial charge in [-0.3, -0.25) is 0 Å². The Kier molecular flexibility index (Phi) is 4.80. The molecule has 0 saturated carbocycles. The summed E-state index contributed by atoms with van der Waals surface area (Å²) < 4.78 is 10.9. The Balaban J connectivity index is 2.49. The number of aromatic nitrogens is 2. The van der Waals surface area contributed by atoms with E-state index in [0.29, 0.717) is 39.2 Å². The van der Waals surface area contributed by atoms with E-state index in [9.17, 15) is 0 Å². The zero-order chi connectivity index (χ0) is 14.7. The fourth-order valence-corrected chi connectivity index (χ4v) is 2.23. The van der Waals surface area contributed by atoms with Crippen molar-refractivity contribution >= 4 is 33.3 Å². The van der Waals surface area contributed by atoms with Crippen molar-refractivity contribution in [1.82, 2.24) is 9.97 Å². The molecule has 0 aliphatic heterocycles. The molecule has 2 rings (SSSR count). The highest BCUT2D eigenvalue weighted by atomic mass is 79.9. The molecule has 7 heteroatoms. The van der Waals surface area contributed by atoms with Gasteiger partial charge in [0.25, 0.3) is 0 Å². The number of ether oxygens (including phenoxy) is 2. The van der Waals surface area contributed by atoms with E-state index in [4.69, 9.17) is 26.8 Å². The second-order valence-corrected chi connectivity index (χ2v) is 5.18. The number of nitrogen functional groups attached to an aromatic ring is 1. The topological polar surface area (TPSA) is 70.3 Å². The van der Waals surface area contributed by atoms with Crippen molar-refractivity contribution in [2.75, 3.05) is 20.0 Å². The molecule has 1 heterocycles. The minimum absolute atomic E-state index is 0.337. The fourth-order valence-electron chi connectivity index (χ4n) is 1.68. The van der Waals surface area contributed by atoms with Crippen LogP contribution in [-0.2, 0) is 11.3 Å². The summed E-state index contributed by atoms with van der Waals surface area (Å²) >= 11 is 9.45. The third-order valence-electron chi connectivity index (χ3n) is 2.64. The number of rotatable bonds is 4. The molecule has 1 aromatic heterocycles. The molecule has 1 aromatic carbocycles. The predicted octanol–water partition coefficient (Wildman–Crippen LogP) is 3.30. The summed E-state index contributed by atoms with van der Waals surface area (Å²) in [4.78, 5) is 8.67. The third kappa shape index (κ3) is 3.03. The molecule has 0 atom stereocenters. The molecule has 2 N–H and O–H groups in total. The molecule has 0 fully saturated rings. The highest BCUT2D eigenvalue weighted by molar-refractivity contribution is 9.10. The van der Waals surface area contributed by atoms with Gasteiger partial charge in [0.1, 0.15) is 11.6 Å². The van der Waals surface area contributed by atoms with Crippen LogP contribution in [0.3, 0.4) is 0 Å². The minimum atomic E-state index is 0.337. The average molecular weight is 359 g/mol. The van der Waals surface area contributed by atoms with Crippen LogP contribution < -0.4 is 10.5 Å². The number of anilines is 1. The summed E-state index contributed by atoms with van der Waals surface area (Å²) in [5, 5.41) is 0.489. The van der Waals surface area contributed by atoms with Crippen molar-refractivity contribution in [3.05, 3.63) is 33.4 Å². The molecule has 0 bridgehead atoms. The third-order valence-corrected chi connectivity index (χ3v) is 3.80. The quantitative estimate of drug-likeness (QED) is 0.908. The van der Waals surface area contributed by atoms with Gasteiger partial charge in [-0.15, -0.1) is 0 Å². The summed E-state index contributed by atoms with van der Waals surface area (Å²) in [6.45, 7) is 0.337. The Labute approximate surface area is 130 Å². The normalized spacial score (nSPS) is 10.6. The second kappa shape index (κ2) is 6.39. The number of benzene rings is 1. The van der Waals surface area contributed by atoms with E-state index in [1.807, 2.05) is 6.07 Å². The second-order valence-electron chi connectivity index (χ2n) is 3.98. The predicted molar refractivity (Wildman–Crippen MR) is 81.9 cm³/mol. The molecule has 106 valence electrons. The summed E-state index contributed by atoms with van der Waals surface area (Å²) in [5.41, 5.74) is 7.31. The highest BCUT2D eigenvalue weighted by Crippen LogP contribution is 2.31. The Hall–Kier alpha value is -1.37. The number of methoxy groups -OCH3 is 2. The summed E-state index contributed by atoms with van der Waals surface area (Å²) in [5.74, 6) is 1.44. The van der Waals surface area contributed by atoms with E-state index in [-0.39, 0.29) is 0 Å². The van der Waals surface area contributed by atoms with Gasteiger partial charge in [0.15, 0.2) is 5.82 Å². The van der Waals surface area contributed by atoms with Crippen molar-refractivity contribution in [3.8, 4) is 17.1 Å². The molecule has 5 nitrogen and oxygen atoms in total. The lowest BCUT2D eigenvalue weighted by Crippen LogP contribution is -2.03. The van der Waals surface area contributed by atoms with Gasteiger partial charge in [-0.25, -0.2) is 9.97 Å². The molecule has 0 aliphatic carbocycles. The molecule has 0 unspecified atom stereocenters. The average Bonchev–Trinajstić information content (AvgIpc) is 2.43. The van der Waals surface area contributed by atoms with E-state index in [0.717, 1.165) is 5.56 Å². The molecular formula is C13H13BrClN3O2. The lowest BCUT2D eigenvalue weighted by molar-refractivity contribution is 0.181. The smallest absolute Gasteiger partial charge is 0.161 e. The van der Waals surface area contributed by atoms with Gasteiger partial charge in [-0.2, -0.15) is 0 Å². The van der Waals surface area contributed by atoms with Crippen LogP contribution in [0.15, 0.2) is 22.7 Å². The number of halogens is 2. The first kappa shape index (κ1) is 15.0. The van der Waals surface area contributed by atoms with Crippen molar-refractivity contribution < 1.29 is 9.47 Å². The van der Waals surface area contributed by atoms with Crippen LogP contribution in [0.2, 0.25) is 5.02 Å². The van der Waals surface area contributed by atoms with Gasteiger partial charge in [-0.1, -0.05) is 11.6 Å². The van der Waals surface area contributed by atoms with Crippen LogP contribution >= 0.6 is 27.5 Å². The van der Waals surface area contributed by atoms with Gasteiger partial charge < -0.3 is 15.2 Å². The first-order chi connectivity index (χ1) is 9.56. The number of nitrogens with zero attached hydrogens (tertiary/aromatic N) is 2. The largest absolute Gasteiger partial charge is 0.495 e. The number of hydrogen-bond acceptors (Lipinski definition) is 5. The highest BCUT2D eigenvalue weighted by Gasteiger charge is 2.12. The van der Waals surface area contributed by atoms with Crippen LogP contribution in [0.5, 0.6) is 5.75 Å². The molecule has 0 spiro atoms. The summed E-state index contributed by atoms with van der Waals surface area (Å²) in [7, 11) is 3.15. The van der Waals surface area contributed by atoms with Gasteiger partial charge in [0, 0.05) is 12.7 Å². The molecule has 0 aliphatic rings. The zero-order valence-corrected chi connectivity index (χ0v) is 13.3. The van der Waals surface area contributed by atoms with Crippen LogP contribution in [0, 0.1) is 0 Å². The fraction of sp³-hybridized carbons (Fsp3) is 0.231. The maximum absolute atomic E-state index is 6.11. The lowest BCUT2D eigenvalue weighted by Gasteiger charge is -2.09. The number of hydrogen-bond donors (Lipinski definition) is 1. The zero-order valence-electron chi connectivity index (χ0n) is 11.0. The van der Waals surface area contributed by atoms with Gasteiger partial charge >= 0.3 is 0 Å². The molecule has 20 heavy (non-hydrogen) atoms. The van der Waals surface area contributed by atoms with E-state index in [2.05, 4.69) is 25.9 Å². The van der Waals surface area contributed by atoms with Crippen LogP contribution in [0.4, 0.5) is 5.82 Å². The van der Waals surface area contributed by atoms with Crippen LogP contribution in [-0.4, -0.2) is 24.2 Å². The molecular weight excluding hydrogens is 346 g/mol. The van der Waals surface area contributed by atoms with Crippen molar-refractivity contribution in [1.29, 1.82) is 0 Å². The van der Waals surface area contributed by atoms with Crippen molar-refractivity contribution in [3.63, 3.8) is 0 Å². The van der Waals surface area contributed by atoms with Crippen molar-refractivity contribution in [2.45, 2.75) is 6.61 Å². The molecule has 0 radical (unpaired) electrons. The molecule has 2 aromatic rings. The van der Waals surface area contributed by atoms with Gasteiger partial charge in [0.2, 0.25) is 0 Å². The first-order valence-corrected chi connectivity index (χ1v) is 6.88. The Morgan fingerprint density at radius 1 is 1.30 bits per heavy atom. The summed E-state index contributed by atoms with van der Waals surface area (Å²) in [6, 6.07) is 5.32. The van der Waals surface area contributed by atoms with Crippen molar-refractivity contribution in [2.24, 2.45) is 0 Å². The van der Waals surface area contributed by atoms with Crippen LogP contribution in [0.1, 0.15) is 5.69 Å². The van der Waals surface area contributed by atoms with E-state index in [1.54, 1.807) is 26.4 Å². The van der Waals surface area contributed by atoms with Crippen LogP contribution in [0.25, 0.3) is 11.4 Å². The number of nitrogens with two attached hydrogens (primary N) is 1. The summed E-state index contributed by atoms with van der Waals surface area (Å²) in [6.07, 6.45) is 0. The Morgan fingerprint density at radius 2 is 2.05 bits per heavy atom. The standard InChI is InChI=1S/C13H13BrClN3O2/c1-19-6-9-11(14)12(16)18-13(17-9)7-3-4-10(20-2)8(15)5-7/h3-5H,6H2,1-2H3,(H2,16,17,18). The van der Waals surface area contributed by atoms with E-state index in [1.165, 1.54) is 0 Å². The minimum Gasteiger partial charge on any atom is -0.495 e. The lowest BCUT2D eigenvalue weighted by atomic mass is 10.2.